The summed E-state index contributed by atoms with van der Waals surface area (Å²) in [7, 11) is 0. The fourth-order valence-corrected chi connectivity index (χ4v) is 3.59. The first-order valence-corrected chi connectivity index (χ1v) is 7.99. The minimum Gasteiger partial charge on any atom is -0.408 e. The molecule has 3 rings (SSSR count). The number of thiophene rings is 1. The summed E-state index contributed by atoms with van der Waals surface area (Å²) in [4.78, 5) is 12.7. The highest BCUT2D eigenvalue weighted by atomic mass is 35.5. The fourth-order valence-electron chi connectivity index (χ4n) is 2.39. The van der Waals surface area contributed by atoms with Crippen LogP contribution in [-0.2, 0) is 6.54 Å². The maximum atomic E-state index is 11.8. The Morgan fingerprint density at radius 3 is 2.90 bits per heavy atom. The quantitative estimate of drug-likeness (QED) is 0.795. The molecular formula is C15H15ClN2O2S. The fraction of sp³-hybridized carbons (Fsp3) is 0.267. The van der Waals surface area contributed by atoms with Crippen LogP contribution in [0.3, 0.4) is 0 Å². The first-order valence-electron chi connectivity index (χ1n) is 6.73. The van der Waals surface area contributed by atoms with E-state index in [-0.39, 0.29) is 11.8 Å². The molecular weight excluding hydrogens is 308 g/mol. The van der Waals surface area contributed by atoms with Crippen molar-refractivity contribution in [1.82, 2.24) is 4.57 Å². The van der Waals surface area contributed by atoms with Crippen LogP contribution >= 0.6 is 22.9 Å². The van der Waals surface area contributed by atoms with Crippen LogP contribution in [0.5, 0.6) is 0 Å². The molecule has 0 bridgehead atoms. The summed E-state index contributed by atoms with van der Waals surface area (Å²) in [5.74, 6) is -0.327. The molecule has 110 valence electrons. The van der Waals surface area contributed by atoms with Gasteiger partial charge in [-0.25, -0.2) is 4.79 Å². The highest BCUT2D eigenvalue weighted by Gasteiger charge is 2.16. The lowest BCUT2D eigenvalue weighted by atomic mass is 10.1. The van der Waals surface area contributed by atoms with Crippen LogP contribution < -0.4 is 11.5 Å². The lowest BCUT2D eigenvalue weighted by Crippen LogP contribution is -2.13. The predicted molar refractivity (Wildman–Crippen MR) is 86.1 cm³/mol. The third kappa shape index (κ3) is 2.52. The van der Waals surface area contributed by atoms with Crippen molar-refractivity contribution in [2.24, 2.45) is 5.73 Å². The Labute approximate surface area is 130 Å². The lowest BCUT2D eigenvalue weighted by Gasteiger charge is -2.10. The standard InChI is InChI=1S/C15H15ClN2O2S/c1-2-6-18-11-4-3-9(8-12(11)20-15(18)19)13(17)14-10(16)5-7-21-14/h3-5,7-8,13H,2,6,17H2,1H3. The van der Waals surface area contributed by atoms with Gasteiger partial charge in [-0.2, -0.15) is 0 Å². The van der Waals surface area contributed by atoms with E-state index in [4.69, 9.17) is 21.8 Å². The van der Waals surface area contributed by atoms with E-state index in [2.05, 4.69) is 0 Å². The van der Waals surface area contributed by atoms with Crippen molar-refractivity contribution in [2.45, 2.75) is 25.9 Å². The molecule has 0 amide bonds. The molecule has 1 aromatic carbocycles. The number of nitrogens with zero attached hydrogens (tertiary/aromatic N) is 1. The van der Waals surface area contributed by atoms with Crippen molar-refractivity contribution in [3.63, 3.8) is 0 Å². The summed E-state index contributed by atoms with van der Waals surface area (Å²) in [6.07, 6.45) is 0.876. The molecule has 0 spiro atoms. The second-order valence-corrected chi connectivity index (χ2v) is 6.21. The van der Waals surface area contributed by atoms with E-state index in [1.54, 1.807) is 4.57 Å². The Bertz CT molecular complexity index is 834. The average molecular weight is 323 g/mol. The number of fused-ring (bicyclic) bond motifs is 1. The number of nitrogens with two attached hydrogens (primary N) is 1. The molecule has 2 aromatic heterocycles. The maximum absolute atomic E-state index is 11.8. The van der Waals surface area contributed by atoms with Gasteiger partial charge in [0.05, 0.1) is 16.6 Å². The average Bonchev–Trinajstić information content (AvgIpc) is 3.02. The van der Waals surface area contributed by atoms with Crippen LogP contribution in [0.2, 0.25) is 5.02 Å². The summed E-state index contributed by atoms with van der Waals surface area (Å²) in [5, 5.41) is 2.58. The largest absolute Gasteiger partial charge is 0.419 e. The van der Waals surface area contributed by atoms with E-state index in [9.17, 15) is 4.79 Å². The molecule has 3 aromatic rings. The minimum atomic E-state index is -0.327. The maximum Gasteiger partial charge on any atom is 0.419 e. The van der Waals surface area contributed by atoms with Gasteiger partial charge in [0.1, 0.15) is 0 Å². The van der Waals surface area contributed by atoms with Gasteiger partial charge in [0, 0.05) is 11.4 Å². The second-order valence-electron chi connectivity index (χ2n) is 4.86. The molecule has 0 saturated carbocycles. The molecule has 0 saturated heterocycles. The van der Waals surface area contributed by atoms with Crippen molar-refractivity contribution in [2.75, 3.05) is 0 Å². The number of oxazole rings is 1. The normalized spacial score (nSPS) is 12.9. The summed E-state index contributed by atoms with van der Waals surface area (Å²) >= 11 is 7.65. The van der Waals surface area contributed by atoms with Crippen LogP contribution in [0.1, 0.15) is 29.8 Å². The highest BCUT2D eigenvalue weighted by molar-refractivity contribution is 7.10. The molecule has 6 heteroatoms. The zero-order valence-electron chi connectivity index (χ0n) is 11.5. The Morgan fingerprint density at radius 1 is 1.43 bits per heavy atom. The molecule has 4 nitrogen and oxygen atoms in total. The van der Waals surface area contributed by atoms with E-state index >= 15 is 0 Å². The van der Waals surface area contributed by atoms with Gasteiger partial charge in [0.15, 0.2) is 5.58 Å². The molecule has 0 radical (unpaired) electrons. The number of benzene rings is 1. The van der Waals surface area contributed by atoms with E-state index in [0.29, 0.717) is 17.2 Å². The predicted octanol–water partition coefficient (Wildman–Crippen LogP) is 3.77. The van der Waals surface area contributed by atoms with E-state index < -0.39 is 0 Å². The molecule has 21 heavy (non-hydrogen) atoms. The number of rotatable bonds is 4. The minimum absolute atomic E-state index is 0.318. The Hall–Kier alpha value is -1.56. The van der Waals surface area contributed by atoms with Gasteiger partial charge in [-0.3, -0.25) is 4.57 Å². The topological polar surface area (TPSA) is 61.2 Å². The molecule has 2 heterocycles. The number of aryl methyl sites for hydroxylation is 1. The molecule has 1 unspecified atom stereocenters. The van der Waals surface area contributed by atoms with E-state index in [1.807, 2.05) is 36.6 Å². The van der Waals surface area contributed by atoms with Gasteiger partial charge < -0.3 is 10.2 Å². The van der Waals surface area contributed by atoms with Crippen LogP contribution in [0.4, 0.5) is 0 Å². The molecule has 1 atom stereocenters. The highest BCUT2D eigenvalue weighted by Crippen LogP contribution is 2.32. The summed E-state index contributed by atoms with van der Waals surface area (Å²) < 4.78 is 6.95. The third-order valence-electron chi connectivity index (χ3n) is 3.43. The Morgan fingerprint density at radius 2 is 2.24 bits per heavy atom. The van der Waals surface area contributed by atoms with Gasteiger partial charge in [0.25, 0.3) is 0 Å². The first kappa shape index (κ1) is 14.4. The van der Waals surface area contributed by atoms with Crippen LogP contribution in [-0.4, -0.2) is 4.57 Å². The zero-order valence-corrected chi connectivity index (χ0v) is 13.1. The van der Waals surface area contributed by atoms with Crippen LogP contribution in [0.15, 0.2) is 38.9 Å². The number of halogens is 1. The molecule has 0 aliphatic heterocycles. The second kappa shape index (κ2) is 5.67. The summed E-state index contributed by atoms with van der Waals surface area (Å²) in [6, 6.07) is 7.14. The van der Waals surface area contributed by atoms with Crippen molar-refractivity contribution in [1.29, 1.82) is 0 Å². The summed E-state index contributed by atoms with van der Waals surface area (Å²) in [6.45, 7) is 2.67. The summed E-state index contributed by atoms with van der Waals surface area (Å²) in [5.41, 5.74) is 8.50. The molecule has 0 fully saturated rings. The monoisotopic (exact) mass is 322 g/mol. The number of aromatic nitrogens is 1. The van der Waals surface area contributed by atoms with E-state index in [0.717, 1.165) is 22.4 Å². The van der Waals surface area contributed by atoms with Gasteiger partial charge in [-0.05, 0) is 35.6 Å². The smallest absolute Gasteiger partial charge is 0.408 e. The Balaban J connectivity index is 2.06. The third-order valence-corrected chi connectivity index (χ3v) is 4.87. The lowest BCUT2D eigenvalue weighted by molar-refractivity contribution is 0.502. The SMILES string of the molecule is CCCn1c(=O)oc2cc(C(N)c3sccc3Cl)ccc21. The number of hydrogen-bond acceptors (Lipinski definition) is 4. The van der Waals surface area contributed by atoms with Gasteiger partial charge in [-0.15, -0.1) is 11.3 Å². The number of hydrogen-bond donors (Lipinski definition) is 1. The van der Waals surface area contributed by atoms with Gasteiger partial charge in [-0.1, -0.05) is 24.6 Å². The zero-order chi connectivity index (χ0) is 15.0. The molecule has 2 N–H and O–H groups in total. The van der Waals surface area contributed by atoms with E-state index in [1.165, 1.54) is 11.3 Å². The van der Waals surface area contributed by atoms with Crippen LogP contribution in [0, 0.1) is 0 Å². The van der Waals surface area contributed by atoms with Crippen molar-refractivity contribution in [3.8, 4) is 0 Å². The van der Waals surface area contributed by atoms with Crippen molar-refractivity contribution < 1.29 is 4.42 Å². The van der Waals surface area contributed by atoms with Crippen molar-refractivity contribution in [3.05, 3.63) is 55.7 Å². The Kier molecular flexibility index (Phi) is 3.89. The van der Waals surface area contributed by atoms with Crippen LogP contribution in [0.25, 0.3) is 11.1 Å². The van der Waals surface area contributed by atoms with Crippen molar-refractivity contribution >= 4 is 34.0 Å². The molecule has 0 aliphatic rings. The van der Waals surface area contributed by atoms with Gasteiger partial charge >= 0.3 is 5.76 Å². The molecule has 0 aliphatic carbocycles. The van der Waals surface area contributed by atoms with Gasteiger partial charge in [0.2, 0.25) is 0 Å². The first-order chi connectivity index (χ1) is 10.1.